The van der Waals surface area contributed by atoms with Crippen molar-refractivity contribution < 1.29 is 13.5 Å². The molecule has 16 heavy (non-hydrogen) atoms. The van der Waals surface area contributed by atoms with Crippen molar-refractivity contribution in [2.45, 2.75) is 24.7 Å². The Morgan fingerprint density at radius 1 is 1.44 bits per heavy atom. The van der Waals surface area contributed by atoms with Crippen LogP contribution in [-0.4, -0.2) is 25.9 Å². The molecule has 1 unspecified atom stereocenters. The molecule has 0 saturated carbocycles. The van der Waals surface area contributed by atoms with Crippen molar-refractivity contribution in [3.63, 3.8) is 0 Å². The third-order valence-corrected chi connectivity index (χ3v) is 4.72. The smallest absolute Gasteiger partial charge is 0.179 e. The van der Waals surface area contributed by atoms with Crippen LogP contribution >= 0.6 is 11.6 Å². The summed E-state index contributed by atoms with van der Waals surface area (Å²) in [6.07, 6.45) is 0. The Kier molecular flexibility index (Phi) is 4.35. The minimum Gasteiger partial charge on any atom is -0.396 e. The van der Waals surface area contributed by atoms with Crippen molar-refractivity contribution in [3.8, 4) is 0 Å². The predicted octanol–water partition coefficient (Wildman–Crippen LogP) is 2.23. The molecule has 1 aromatic rings. The fraction of sp³-hybridized carbons (Fsp3) is 0.455. The molecule has 90 valence electrons. The Hall–Kier alpha value is -0.580. The molecule has 5 heteroatoms. The molecular formula is C11H15ClO3S. The lowest BCUT2D eigenvalue weighted by atomic mass is 10.0. The largest absolute Gasteiger partial charge is 0.396 e. The van der Waals surface area contributed by atoms with Gasteiger partial charge in [-0.05, 0) is 17.7 Å². The first-order chi connectivity index (χ1) is 7.42. The topological polar surface area (TPSA) is 54.4 Å². The molecule has 0 spiro atoms. The minimum absolute atomic E-state index is 0.0101. The molecule has 1 atom stereocenters. The van der Waals surface area contributed by atoms with E-state index in [4.69, 9.17) is 16.7 Å². The zero-order valence-electron chi connectivity index (χ0n) is 9.27. The van der Waals surface area contributed by atoms with Gasteiger partial charge in [-0.3, -0.25) is 0 Å². The van der Waals surface area contributed by atoms with Crippen LogP contribution in [0.1, 0.15) is 25.3 Å². The van der Waals surface area contributed by atoms with Gasteiger partial charge in [0.25, 0.3) is 0 Å². The highest BCUT2D eigenvalue weighted by Crippen LogP contribution is 2.26. The Bertz CT molecular complexity index is 468. The Morgan fingerprint density at radius 3 is 2.50 bits per heavy atom. The summed E-state index contributed by atoms with van der Waals surface area (Å²) in [6, 6.07) is 4.79. The SMILES string of the molecule is CCS(=O)(=O)c1ccc(C(C)CO)cc1Cl. The molecule has 0 fully saturated rings. The van der Waals surface area contributed by atoms with Crippen LogP contribution in [0.4, 0.5) is 0 Å². The summed E-state index contributed by atoms with van der Waals surface area (Å²) in [5.74, 6) is -0.0161. The van der Waals surface area contributed by atoms with Gasteiger partial charge in [-0.1, -0.05) is 31.5 Å². The summed E-state index contributed by atoms with van der Waals surface area (Å²) in [4.78, 5) is 0.158. The number of sulfone groups is 1. The predicted molar refractivity (Wildman–Crippen MR) is 64.7 cm³/mol. The van der Waals surface area contributed by atoms with E-state index < -0.39 is 9.84 Å². The normalized spacial score (nSPS) is 13.8. The number of rotatable bonds is 4. The van der Waals surface area contributed by atoms with Crippen LogP contribution in [0.15, 0.2) is 23.1 Å². The molecule has 1 aromatic carbocycles. The maximum Gasteiger partial charge on any atom is 0.179 e. The van der Waals surface area contributed by atoms with Gasteiger partial charge in [-0.25, -0.2) is 8.42 Å². The fourth-order valence-electron chi connectivity index (χ4n) is 1.34. The van der Waals surface area contributed by atoms with Gasteiger partial charge < -0.3 is 5.11 Å². The second kappa shape index (κ2) is 5.17. The van der Waals surface area contributed by atoms with E-state index in [0.717, 1.165) is 5.56 Å². The van der Waals surface area contributed by atoms with Crippen LogP contribution in [0.5, 0.6) is 0 Å². The Balaban J connectivity index is 3.20. The number of aliphatic hydroxyl groups excluding tert-OH is 1. The fourth-order valence-corrected chi connectivity index (χ4v) is 2.82. The van der Waals surface area contributed by atoms with Gasteiger partial charge >= 0.3 is 0 Å². The molecule has 0 heterocycles. The van der Waals surface area contributed by atoms with Crippen LogP contribution in [0.25, 0.3) is 0 Å². The average molecular weight is 263 g/mol. The van der Waals surface area contributed by atoms with E-state index in [1.807, 2.05) is 6.92 Å². The number of benzene rings is 1. The van der Waals surface area contributed by atoms with Crippen LogP contribution in [0, 0.1) is 0 Å². The number of aliphatic hydroxyl groups is 1. The Labute approximate surface area is 101 Å². The molecule has 0 bridgehead atoms. The lowest BCUT2D eigenvalue weighted by Crippen LogP contribution is -2.06. The zero-order valence-corrected chi connectivity index (χ0v) is 10.8. The minimum atomic E-state index is -3.27. The monoisotopic (exact) mass is 262 g/mol. The van der Waals surface area contributed by atoms with Gasteiger partial charge in [-0.15, -0.1) is 0 Å². The first-order valence-electron chi connectivity index (χ1n) is 5.05. The lowest BCUT2D eigenvalue weighted by molar-refractivity contribution is 0.273. The van der Waals surface area contributed by atoms with Crippen molar-refractivity contribution in [2.75, 3.05) is 12.4 Å². The van der Waals surface area contributed by atoms with E-state index in [-0.39, 0.29) is 28.2 Å². The molecule has 0 aliphatic heterocycles. The summed E-state index contributed by atoms with van der Waals surface area (Å²) >= 11 is 5.93. The number of halogens is 1. The van der Waals surface area contributed by atoms with Crippen LogP contribution < -0.4 is 0 Å². The summed E-state index contributed by atoms with van der Waals surface area (Å²) in [7, 11) is -3.27. The van der Waals surface area contributed by atoms with Gasteiger partial charge in [0.2, 0.25) is 0 Å². The number of hydrogen-bond acceptors (Lipinski definition) is 3. The van der Waals surface area contributed by atoms with E-state index >= 15 is 0 Å². The molecule has 0 aliphatic rings. The average Bonchev–Trinajstić information content (AvgIpc) is 2.27. The maximum absolute atomic E-state index is 11.6. The quantitative estimate of drug-likeness (QED) is 0.905. The van der Waals surface area contributed by atoms with E-state index in [0.29, 0.717) is 0 Å². The molecule has 3 nitrogen and oxygen atoms in total. The van der Waals surface area contributed by atoms with Crippen molar-refractivity contribution in [1.29, 1.82) is 0 Å². The van der Waals surface area contributed by atoms with Crippen molar-refractivity contribution in [3.05, 3.63) is 28.8 Å². The number of hydrogen-bond donors (Lipinski definition) is 1. The van der Waals surface area contributed by atoms with Gasteiger partial charge in [-0.2, -0.15) is 0 Å². The molecule has 0 aliphatic carbocycles. The standard InChI is InChI=1S/C11H15ClO3S/c1-3-16(14,15)11-5-4-9(6-10(11)12)8(2)7-13/h4-6,8,13H,3,7H2,1-2H3. The Morgan fingerprint density at radius 2 is 2.06 bits per heavy atom. The first kappa shape index (κ1) is 13.5. The van der Waals surface area contributed by atoms with Gasteiger partial charge in [0.05, 0.1) is 15.7 Å². The van der Waals surface area contributed by atoms with Crippen LogP contribution in [-0.2, 0) is 9.84 Å². The molecule has 0 radical (unpaired) electrons. The summed E-state index contributed by atoms with van der Waals surface area (Å²) in [6.45, 7) is 3.44. The molecule has 0 amide bonds. The third kappa shape index (κ3) is 2.75. The lowest BCUT2D eigenvalue weighted by Gasteiger charge is -2.11. The molecule has 0 aromatic heterocycles. The van der Waals surface area contributed by atoms with Gasteiger partial charge in [0.1, 0.15) is 0 Å². The second-order valence-corrected chi connectivity index (χ2v) is 6.33. The molecule has 1 N–H and O–H groups in total. The molecule has 0 saturated heterocycles. The van der Waals surface area contributed by atoms with E-state index in [2.05, 4.69) is 0 Å². The van der Waals surface area contributed by atoms with Crippen molar-refractivity contribution in [1.82, 2.24) is 0 Å². The zero-order chi connectivity index (χ0) is 12.3. The van der Waals surface area contributed by atoms with Crippen molar-refractivity contribution in [2.24, 2.45) is 0 Å². The highest BCUT2D eigenvalue weighted by Gasteiger charge is 2.16. The van der Waals surface area contributed by atoms with Crippen molar-refractivity contribution >= 4 is 21.4 Å². The summed E-state index contributed by atoms with van der Waals surface area (Å²) in [5.41, 5.74) is 0.836. The first-order valence-corrected chi connectivity index (χ1v) is 7.08. The second-order valence-electron chi connectivity index (χ2n) is 3.68. The van der Waals surface area contributed by atoms with Gasteiger partial charge in [0, 0.05) is 12.5 Å². The summed E-state index contributed by atoms with van der Waals surface area (Å²) in [5, 5.41) is 9.22. The summed E-state index contributed by atoms with van der Waals surface area (Å²) < 4.78 is 23.3. The van der Waals surface area contributed by atoms with Crippen LogP contribution in [0.3, 0.4) is 0 Å². The molecule has 1 rings (SSSR count). The van der Waals surface area contributed by atoms with E-state index in [9.17, 15) is 8.42 Å². The van der Waals surface area contributed by atoms with Gasteiger partial charge in [0.15, 0.2) is 9.84 Å². The highest BCUT2D eigenvalue weighted by molar-refractivity contribution is 7.91. The van der Waals surface area contributed by atoms with E-state index in [1.165, 1.54) is 6.07 Å². The highest BCUT2D eigenvalue weighted by atomic mass is 35.5. The third-order valence-electron chi connectivity index (χ3n) is 2.51. The van der Waals surface area contributed by atoms with Crippen LogP contribution in [0.2, 0.25) is 5.02 Å². The molecular weight excluding hydrogens is 248 g/mol. The van der Waals surface area contributed by atoms with E-state index in [1.54, 1.807) is 19.1 Å². The maximum atomic E-state index is 11.6.